The molecule has 0 aliphatic heterocycles. The maximum absolute atomic E-state index is 5.32. The molecule has 0 heterocycles. The maximum atomic E-state index is 5.32. The molecule has 0 saturated heterocycles. The first-order valence-electron chi connectivity index (χ1n) is 7.10. The van der Waals surface area contributed by atoms with Gasteiger partial charge in [-0.3, -0.25) is 0 Å². The summed E-state index contributed by atoms with van der Waals surface area (Å²) in [7, 11) is 0. The monoisotopic (exact) mass is 221 g/mol. The molecular formula is C16H29. The topological polar surface area (TPSA) is 0 Å². The summed E-state index contributed by atoms with van der Waals surface area (Å²) in [5.41, 5.74) is 0. The fourth-order valence-electron chi connectivity index (χ4n) is 1.80. The second-order valence-electron chi connectivity index (χ2n) is 4.55. The van der Waals surface area contributed by atoms with Gasteiger partial charge in [-0.15, -0.1) is 0 Å². The van der Waals surface area contributed by atoms with Crippen LogP contribution in [0.25, 0.3) is 0 Å². The van der Waals surface area contributed by atoms with Crippen LogP contribution in [-0.4, -0.2) is 0 Å². The number of unbranched alkanes of at least 4 members (excludes halogenated alkanes) is 9. The summed E-state index contributed by atoms with van der Waals surface area (Å²) in [4.78, 5) is 0. The molecule has 0 fully saturated rings. The van der Waals surface area contributed by atoms with Gasteiger partial charge in [0.25, 0.3) is 0 Å². The van der Waals surface area contributed by atoms with Crippen molar-refractivity contribution in [2.75, 3.05) is 0 Å². The Balaban J connectivity index is 3.01. The molecular weight excluding hydrogens is 192 g/mol. The standard InChI is InChI=1S/C16H29/c1-3-5-7-9-11-13-15-16-14-12-10-8-6-4-2/h1,3,15-16H,4-14H2,2H3. The SMILES string of the molecule is [CH]=CCCCCCC=CCCCCCCC. The lowest BCUT2D eigenvalue weighted by Gasteiger charge is -1.97. The minimum atomic E-state index is 1.07. The van der Waals surface area contributed by atoms with Crippen molar-refractivity contribution >= 4 is 0 Å². The Labute approximate surface area is 103 Å². The van der Waals surface area contributed by atoms with Gasteiger partial charge in [-0.05, 0) is 38.5 Å². The van der Waals surface area contributed by atoms with Crippen LogP contribution in [0.2, 0.25) is 0 Å². The quantitative estimate of drug-likeness (QED) is 0.287. The van der Waals surface area contributed by atoms with E-state index in [1.54, 1.807) is 6.08 Å². The second-order valence-corrected chi connectivity index (χ2v) is 4.55. The molecule has 0 nitrogen and oxygen atoms in total. The maximum Gasteiger partial charge on any atom is -0.0348 e. The van der Waals surface area contributed by atoms with Gasteiger partial charge in [0.1, 0.15) is 0 Å². The van der Waals surface area contributed by atoms with E-state index in [-0.39, 0.29) is 0 Å². The van der Waals surface area contributed by atoms with Gasteiger partial charge in [-0.25, -0.2) is 0 Å². The Hall–Kier alpha value is -0.520. The Kier molecular flexibility index (Phi) is 14.0. The minimum Gasteiger partial charge on any atom is -0.0885 e. The van der Waals surface area contributed by atoms with Gasteiger partial charge >= 0.3 is 0 Å². The van der Waals surface area contributed by atoms with E-state index in [0.29, 0.717) is 0 Å². The highest BCUT2D eigenvalue weighted by Gasteiger charge is 1.87. The molecule has 0 amide bonds. The zero-order valence-corrected chi connectivity index (χ0v) is 11.1. The Bertz CT molecular complexity index is 155. The van der Waals surface area contributed by atoms with E-state index in [4.69, 9.17) is 6.58 Å². The van der Waals surface area contributed by atoms with Gasteiger partial charge in [0.05, 0.1) is 0 Å². The third kappa shape index (κ3) is 13.5. The average Bonchev–Trinajstić information content (AvgIpc) is 2.31. The molecule has 0 rings (SSSR count). The fraction of sp³-hybridized carbons (Fsp3) is 0.750. The molecule has 0 saturated carbocycles. The molecule has 93 valence electrons. The van der Waals surface area contributed by atoms with E-state index in [1.165, 1.54) is 64.2 Å². The second kappa shape index (κ2) is 14.5. The highest BCUT2D eigenvalue weighted by Crippen LogP contribution is 2.07. The molecule has 16 heavy (non-hydrogen) atoms. The van der Waals surface area contributed by atoms with Crippen LogP contribution in [0, 0.1) is 6.58 Å². The van der Waals surface area contributed by atoms with E-state index in [1.807, 2.05) is 0 Å². The van der Waals surface area contributed by atoms with Gasteiger partial charge in [-0.1, -0.05) is 63.8 Å². The molecule has 0 heteroatoms. The predicted octanol–water partition coefficient (Wildman–Crippen LogP) is 5.84. The predicted molar refractivity (Wildman–Crippen MR) is 74.5 cm³/mol. The highest BCUT2D eigenvalue weighted by atomic mass is 13.9. The van der Waals surface area contributed by atoms with Crippen molar-refractivity contribution in [2.24, 2.45) is 0 Å². The van der Waals surface area contributed by atoms with Crippen LogP contribution in [0.5, 0.6) is 0 Å². The molecule has 0 atom stereocenters. The number of hydrogen-bond donors (Lipinski definition) is 0. The lowest BCUT2D eigenvalue weighted by Crippen LogP contribution is -1.77. The smallest absolute Gasteiger partial charge is 0.0348 e. The summed E-state index contributed by atoms with van der Waals surface area (Å²) < 4.78 is 0. The minimum absolute atomic E-state index is 1.07. The molecule has 0 unspecified atom stereocenters. The van der Waals surface area contributed by atoms with E-state index in [9.17, 15) is 0 Å². The summed E-state index contributed by atoms with van der Waals surface area (Å²) in [5, 5.41) is 0. The summed E-state index contributed by atoms with van der Waals surface area (Å²) in [6.45, 7) is 7.59. The third-order valence-corrected chi connectivity index (χ3v) is 2.88. The van der Waals surface area contributed by atoms with Crippen molar-refractivity contribution in [1.82, 2.24) is 0 Å². The fourth-order valence-corrected chi connectivity index (χ4v) is 1.80. The Morgan fingerprint density at radius 1 is 0.688 bits per heavy atom. The Morgan fingerprint density at radius 3 is 1.75 bits per heavy atom. The van der Waals surface area contributed by atoms with E-state index >= 15 is 0 Å². The molecule has 0 aromatic carbocycles. The van der Waals surface area contributed by atoms with Crippen molar-refractivity contribution in [2.45, 2.75) is 77.6 Å². The average molecular weight is 221 g/mol. The number of rotatable bonds is 12. The van der Waals surface area contributed by atoms with Gasteiger partial charge < -0.3 is 0 Å². The zero-order valence-electron chi connectivity index (χ0n) is 11.1. The molecule has 0 aromatic rings. The van der Waals surface area contributed by atoms with Crippen LogP contribution >= 0.6 is 0 Å². The number of allylic oxidation sites excluding steroid dienone is 3. The first-order chi connectivity index (χ1) is 7.91. The number of hydrogen-bond acceptors (Lipinski definition) is 0. The highest BCUT2D eigenvalue weighted by molar-refractivity contribution is 4.81. The van der Waals surface area contributed by atoms with Crippen molar-refractivity contribution in [3.63, 3.8) is 0 Å². The van der Waals surface area contributed by atoms with Crippen LogP contribution in [-0.2, 0) is 0 Å². The molecule has 0 bridgehead atoms. The summed E-state index contributed by atoms with van der Waals surface area (Å²) >= 11 is 0. The van der Waals surface area contributed by atoms with Crippen LogP contribution in [0.1, 0.15) is 77.6 Å². The first kappa shape index (κ1) is 15.5. The van der Waals surface area contributed by atoms with Crippen molar-refractivity contribution < 1.29 is 0 Å². The molecule has 0 N–H and O–H groups in total. The van der Waals surface area contributed by atoms with Crippen LogP contribution in [0.4, 0.5) is 0 Å². The molecule has 0 aromatic heterocycles. The van der Waals surface area contributed by atoms with Crippen molar-refractivity contribution in [1.29, 1.82) is 0 Å². The lowest BCUT2D eigenvalue weighted by atomic mass is 10.1. The molecule has 1 radical (unpaired) electrons. The zero-order chi connectivity index (χ0) is 11.9. The lowest BCUT2D eigenvalue weighted by molar-refractivity contribution is 0.636. The van der Waals surface area contributed by atoms with Crippen LogP contribution in [0.3, 0.4) is 0 Å². The summed E-state index contributed by atoms with van der Waals surface area (Å²) in [5.74, 6) is 0. The summed E-state index contributed by atoms with van der Waals surface area (Å²) in [6, 6.07) is 0. The van der Waals surface area contributed by atoms with E-state index in [0.717, 1.165) is 6.42 Å². The van der Waals surface area contributed by atoms with Gasteiger partial charge in [-0.2, -0.15) is 0 Å². The van der Waals surface area contributed by atoms with Gasteiger partial charge in [0.2, 0.25) is 0 Å². The summed E-state index contributed by atoms with van der Waals surface area (Å²) in [6.07, 6.45) is 20.9. The largest absolute Gasteiger partial charge is 0.0885 e. The van der Waals surface area contributed by atoms with Gasteiger partial charge in [0, 0.05) is 0 Å². The molecule has 0 spiro atoms. The third-order valence-electron chi connectivity index (χ3n) is 2.88. The van der Waals surface area contributed by atoms with E-state index in [2.05, 4.69) is 19.1 Å². The normalized spacial score (nSPS) is 11.1. The van der Waals surface area contributed by atoms with Crippen LogP contribution < -0.4 is 0 Å². The van der Waals surface area contributed by atoms with Crippen molar-refractivity contribution in [3.8, 4) is 0 Å². The first-order valence-corrected chi connectivity index (χ1v) is 7.10. The van der Waals surface area contributed by atoms with Crippen LogP contribution in [0.15, 0.2) is 18.2 Å². The van der Waals surface area contributed by atoms with E-state index < -0.39 is 0 Å². The van der Waals surface area contributed by atoms with Gasteiger partial charge in [0.15, 0.2) is 0 Å². The molecule has 0 aliphatic rings. The Morgan fingerprint density at radius 2 is 1.19 bits per heavy atom. The van der Waals surface area contributed by atoms with Crippen molar-refractivity contribution in [3.05, 3.63) is 24.8 Å². The molecule has 0 aliphatic carbocycles.